The molecule has 1 unspecified atom stereocenters. The number of aliphatic hydroxyl groups excluding tert-OH is 1. The minimum atomic E-state index is -0.617. The number of nitrogens with one attached hydrogen (secondary N) is 1. The van der Waals surface area contributed by atoms with Crippen LogP contribution in [0, 0.1) is 11.3 Å². The highest BCUT2D eigenvalue weighted by atomic mass is 16.3. The number of piperidine rings is 1. The number of likely N-dealkylation sites (N-methyl/N-ethyl adjacent to an activating group) is 2. The lowest BCUT2D eigenvalue weighted by Crippen LogP contribution is -2.60. The predicted octanol–water partition coefficient (Wildman–Crippen LogP) is 1.48. The van der Waals surface area contributed by atoms with E-state index in [9.17, 15) is 14.7 Å². The lowest BCUT2D eigenvalue weighted by molar-refractivity contribution is -0.143. The average Bonchev–Trinajstić information content (AvgIpc) is 2.51. The van der Waals surface area contributed by atoms with Gasteiger partial charge >= 0.3 is 0 Å². The van der Waals surface area contributed by atoms with Gasteiger partial charge in [0.2, 0.25) is 11.8 Å². The van der Waals surface area contributed by atoms with Gasteiger partial charge in [0.05, 0.1) is 18.7 Å². The molecule has 1 aliphatic heterocycles. The minimum absolute atomic E-state index is 0.0750. The molecule has 0 radical (unpaired) electrons. The van der Waals surface area contributed by atoms with Gasteiger partial charge in [-0.05, 0) is 37.8 Å². The van der Waals surface area contributed by atoms with Crippen molar-refractivity contribution < 1.29 is 14.7 Å². The molecule has 6 heteroatoms. The molecule has 1 aliphatic rings. The molecule has 2 amide bonds. The first-order valence-electron chi connectivity index (χ1n) is 9.38. The van der Waals surface area contributed by atoms with Crippen LogP contribution in [-0.4, -0.2) is 72.1 Å². The van der Waals surface area contributed by atoms with Crippen LogP contribution in [0.25, 0.3) is 0 Å². The molecule has 2 N–H and O–H groups in total. The molecule has 0 spiro atoms. The molecule has 0 aromatic carbocycles. The second kappa shape index (κ2) is 8.99. The van der Waals surface area contributed by atoms with E-state index in [1.807, 2.05) is 41.7 Å². The molecular formula is C19H37N3O3. The van der Waals surface area contributed by atoms with Crippen molar-refractivity contribution in [2.75, 3.05) is 27.2 Å². The zero-order valence-electron chi connectivity index (χ0n) is 17.0. The number of aliphatic hydroxyl groups is 1. The van der Waals surface area contributed by atoms with Crippen molar-refractivity contribution in [2.24, 2.45) is 11.3 Å². The van der Waals surface area contributed by atoms with E-state index in [2.05, 4.69) is 10.2 Å². The third-order valence-corrected chi connectivity index (χ3v) is 5.27. The van der Waals surface area contributed by atoms with E-state index in [1.54, 1.807) is 11.9 Å². The van der Waals surface area contributed by atoms with Crippen LogP contribution in [0.3, 0.4) is 0 Å². The minimum Gasteiger partial charge on any atom is -0.394 e. The Labute approximate surface area is 152 Å². The first kappa shape index (κ1) is 21.9. The van der Waals surface area contributed by atoms with Crippen molar-refractivity contribution in [3.8, 4) is 0 Å². The molecular weight excluding hydrogens is 318 g/mol. The van der Waals surface area contributed by atoms with Crippen LogP contribution in [0.5, 0.6) is 0 Å². The molecule has 0 aromatic heterocycles. The number of rotatable bonds is 6. The second-order valence-corrected chi connectivity index (χ2v) is 8.74. The van der Waals surface area contributed by atoms with Gasteiger partial charge in [0.15, 0.2) is 0 Å². The maximum atomic E-state index is 13.1. The van der Waals surface area contributed by atoms with Gasteiger partial charge < -0.3 is 15.3 Å². The molecule has 1 fully saturated rings. The van der Waals surface area contributed by atoms with E-state index < -0.39 is 11.5 Å². The second-order valence-electron chi connectivity index (χ2n) is 8.74. The quantitative estimate of drug-likeness (QED) is 0.757. The highest BCUT2D eigenvalue weighted by Gasteiger charge is 2.39. The SMILES string of the molecule is CC(C)[C@@H](CO)N(C)C(=O)C(NC(=O)[C@H]1CCCCN1C)C(C)(C)C. The summed E-state index contributed by atoms with van der Waals surface area (Å²) in [6.07, 6.45) is 2.97. The largest absolute Gasteiger partial charge is 0.394 e. The molecule has 0 aliphatic carbocycles. The van der Waals surface area contributed by atoms with Crippen molar-refractivity contribution in [3.05, 3.63) is 0 Å². The summed E-state index contributed by atoms with van der Waals surface area (Å²) < 4.78 is 0. The van der Waals surface area contributed by atoms with Crippen LogP contribution in [0.2, 0.25) is 0 Å². The van der Waals surface area contributed by atoms with Crippen molar-refractivity contribution in [1.29, 1.82) is 0 Å². The van der Waals surface area contributed by atoms with E-state index in [0.717, 1.165) is 25.8 Å². The third kappa shape index (κ3) is 5.68. The molecule has 0 bridgehead atoms. The summed E-state index contributed by atoms with van der Waals surface area (Å²) in [5.41, 5.74) is -0.411. The summed E-state index contributed by atoms with van der Waals surface area (Å²) >= 11 is 0. The Balaban J connectivity index is 2.93. The number of likely N-dealkylation sites (tertiary alicyclic amines) is 1. The average molecular weight is 356 g/mol. The third-order valence-electron chi connectivity index (χ3n) is 5.27. The summed E-state index contributed by atoms with van der Waals surface area (Å²) in [4.78, 5) is 29.5. The van der Waals surface area contributed by atoms with Crippen LogP contribution in [0.1, 0.15) is 53.9 Å². The Kier molecular flexibility index (Phi) is 7.88. The van der Waals surface area contributed by atoms with Gasteiger partial charge in [0.1, 0.15) is 6.04 Å². The molecule has 1 saturated heterocycles. The Morgan fingerprint density at radius 3 is 2.32 bits per heavy atom. The highest BCUT2D eigenvalue weighted by molar-refractivity contribution is 5.90. The number of amides is 2. The number of hydrogen-bond donors (Lipinski definition) is 2. The molecule has 0 aromatic rings. The number of nitrogens with zero attached hydrogens (tertiary/aromatic N) is 2. The first-order valence-corrected chi connectivity index (χ1v) is 9.38. The van der Waals surface area contributed by atoms with Crippen LogP contribution in [0.15, 0.2) is 0 Å². The number of hydrogen-bond acceptors (Lipinski definition) is 4. The Bertz CT molecular complexity index is 459. The summed E-state index contributed by atoms with van der Waals surface area (Å²) in [6.45, 7) is 10.6. The molecule has 25 heavy (non-hydrogen) atoms. The Morgan fingerprint density at radius 2 is 1.88 bits per heavy atom. The van der Waals surface area contributed by atoms with Gasteiger partial charge in [0.25, 0.3) is 0 Å². The molecule has 0 saturated carbocycles. The van der Waals surface area contributed by atoms with Crippen LogP contribution >= 0.6 is 0 Å². The zero-order valence-corrected chi connectivity index (χ0v) is 17.0. The molecule has 1 rings (SSSR count). The summed E-state index contributed by atoms with van der Waals surface area (Å²) in [7, 11) is 3.67. The van der Waals surface area contributed by atoms with Crippen molar-refractivity contribution in [1.82, 2.24) is 15.1 Å². The topological polar surface area (TPSA) is 72.9 Å². The highest BCUT2D eigenvalue weighted by Crippen LogP contribution is 2.24. The van der Waals surface area contributed by atoms with Gasteiger partial charge in [-0.15, -0.1) is 0 Å². The number of carbonyl (C=O) groups excluding carboxylic acids is 2. The first-order chi connectivity index (χ1) is 11.5. The van der Waals surface area contributed by atoms with E-state index >= 15 is 0 Å². The van der Waals surface area contributed by atoms with Gasteiger partial charge in [-0.1, -0.05) is 41.0 Å². The maximum absolute atomic E-state index is 13.1. The van der Waals surface area contributed by atoms with E-state index in [4.69, 9.17) is 0 Å². The fourth-order valence-electron chi connectivity index (χ4n) is 3.44. The van der Waals surface area contributed by atoms with E-state index in [0.29, 0.717) is 0 Å². The number of carbonyl (C=O) groups is 2. The van der Waals surface area contributed by atoms with Gasteiger partial charge in [-0.25, -0.2) is 0 Å². The van der Waals surface area contributed by atoms with Crippen LogP contribution < -0.4 is 5.32 Å². The van der Waals surface area contributed by atoms with Gasteiger partial charge in [-0.2, -0.15) is 0 Å². The van der Waals surface area contributed by atoms with Crippen LogP contribution in [-0.2, 0) is 9.59 Å². The van der Waals surface area contributed by atoms with Gasteiger partial charge in [-0.3, -0.25) is 14.5 Å². The smallest absolute Gasteiger partial charge is 0.245 e. The summed E-state index contributed by atoms with van der Waals surface area (Å²) in [6, 6.07) is -1.05. The lowest BCUT2D eigenvalue weighted by Gasteiger charge is -2.39. The van der Waals surface area contributed by atoms with Crippen molar-refractivity contribution in [3.63, 3.8) is 0 Å². The normalized spacial score (nSPS) is 21.7. The van der Waals surface area contributed by atoms with Crippen molar-refractivity contribution in [2.45, 2.75) is 72.0 Å². The summed E-state index contributed by atoms with van der Waals surface area (Å²) in [5.74, 6) is -0.0826. The Hall–Kier alpha value is -1.14. The Morgan fingerprint density at radius 1 is 1.28 bits per heavy atom. The zero-order chi connectivity index (χ0) is 19.4. The lowest BCUT2D eigenvalue weighted by atomic mass is 9.84. The van der Waals surface area contributed by atoms with E-state index in [-0.39, 0.29) is 36.4 Å². The van der Waals surface area contributed by atoms with Crippen molar-refractivity contribution >= 4 is 11.8 Å². The fraction of sp³-hybridized carbons (Fsp3) is 0.895. The molecule has 146 valence electrons. The standard InChI is InChI=1S/C19H37N3O3/c1-13(2)15(12-23)22(7)18(25)16(19(3,4)5)20-17(24)14-10-8-9-11-21(14)6/h13-16,23H,8-12H2,1-7H3,(H,20,24)/t14-,15-,16?/m1/s1. The monoisotopic (exact) mass is 355 g/mol. The maximum Gasteiger partial charge on any atom is 0.245 e. The predicted molar refractivity (Wildman–Crippen MR) is 100 cm³/mol. The van der Waals surface area contributed by atoms with Crippen LogP contribution in [0.4, 0.5) is 0 Å². The molecule has 3 atom stereocenters. The van der Waals surface area contributed by atoms with E-state index in [1.165, 1.54) is 0 Å². The fourth-order valence-corrected chi connectivity index (χ4v) is 3.44. The molecule has 6 nitrogen and oxygen atoms in total. The molecule has 1 heterocycles. The summed E-state index contributed by atoms with van der Waals surface area (Å²) in [5, 5.41) is 12.6. The van der Waals surface area contributed by atoms with Gasteiger partial charge in [0, 0.05) is 7.05 Å².